The molecule has 2 N–H and O–H groups in total. The van der Waals surface area contributed by atoms with Gasteiger partial charge in [0.2, 0.25) is 5.95 Å². The maximum atomic E-state index is 12.8. The van der Waals surface area contributed by atoms with Crippen molar-refractivity contribution < 1.29 is 9.69 Å². The summed E-state index contributed by atoms with van der Waals surface area (Å²) in [5, 5.41) is 3.23. The van der Waals surface area contributed by atoms with E-state index in [4.69, 9.17) is 0 Å². The van der Waals surface area contributed by atoms with Crippen molar-refractivity contribution >= 4 is 17.5 Å². The van der Waals surface area contributed by atoms with Gasteiger partial charge in [-0.3, -0.25) is 4.79 Å². The maximum Gasteiger partial charge on any atom is 0.279 e. The van der Waals surface area contributed by atoms with E-state index >= 15 is 0 Å². The van der Waals surface area contributed by atoms with Crippen LogP contribution in [-0.2, 0) is 4.79 Å². The Labute approximate surface area is 168 Å². The number of aromatic nitrogens is 2. The SMILES string of the molecule is CC(C)c1cccc(C(C)C)c1NC(=O)C[NH+]1CCN(c2ncccn2)CC1. The Bertz CT molecular complexity index is 757. The lowest BCUT2D eigenvalue weighted by Gasteiger charge is -2.31. The number of benzene rings is 1. The molecule has 0 unspecified atom stereocenters. The zero-order chi connectivity index (χ0) is 20.1. The van der Waals surface area contributed by atoms with Crippen molar-refractivity contribution in [3.63, 3.8) is 0 Å². The van der Waals surface area contributed by atoms with Crippen molar-refractivity contribution in [3.8, 4) is 0 Å². The number of piperazine rings is 1. The van der Waals surface area contributed by atoms with Crippen LogP contribution in [0.2, 0.25) is 0 Å². The summed E-state index contributed by atoms with van der Waals surface area (Å²) in [5.74, 6) is 1.61. The number of carbonyl (C=O) groups excluding carboxylic acids is 1. The van der Waals surface area contributed by atoms with E-state index in [0.29, 0.717) is 18.4 Å². The standard InChI is InChI=1S/C22H31N5O/c1-16(2)18-7-5-8-19(17(3)4)21(18)25-20(28)15-26-11-13-27(14-12-26)22-23-9-6-10-24-22/h5-10,16-17H,11-15H2,1-4H3,(H,25,28)/p+1. The lowest BCUT2D eigenvalue weighted by atomic mass is 9.92. The zero-order valence-corrected chi connectivity index (χ0v) is 17.4. The second kappa shape index (κ2) is 9.15. The van der Waals surface area contributed by atoms with Gasteiger partial charge in [-0.1, -0.05) is 45.9 Å². The number of carbonyl (C=O) groups is 1. The van der Waals surface area contributed by atoms with Gasteiger partial charge in [0.1, 0.15) is 0 Å². The molecule has 0 radical (unpaired) electrons. The Morgan fingerprint density at radius 2 is 1.61 bits per heavy atom. The molecule has 1 aromatic heterocycles. The third kappa shape index (κ3) is 4.87. The quantitative estimate of drug-likeness (QED) is 0.803. The molecule has 1 aliphatic heterocycles. The highest BCUT2D eigenvalue weighted by molar-refractivity contribution is 5.93. The molecule has 6 nitrogen and oxygen atoms in total. The van der Waals surface area contributed by atoms with Crippen molar-refractivity contribution in [3.05, 3.63) is 47.8 Å². The van der Waals surface area contributed by atoms with Crippen LogP contribution in [0.15, 0.2) is 36.7 Å². The number of nitrogens with one attached hydrogen (secondary N) is 2. The minimum atomic E-state index is 0.0920. The molecule has 0 saturated carbocycles. The van der Waals surface area contributed by atoms with E-state index in [1.807, 2.05) is 6.07 Å². The summed E-state index contributed by atoms with van der Waals surface area (Å²) < 4.78 is 0. The minimum absolute atomic E-state index is 0.0920. The van der Waals surface area contributed by atoms with Gasteiger partial charge in [-0.2, -0.15) is 0 Å². The van der Waals surface area contributed by atoms with Gasteiger partial charge in [0.25, 0.3) is 5.91 Å². The highest BCUT2D eigenvalue weighted by atomic mass is 16.2. The average molecular weight is 383 g/mol. The fourth-order valence-electron chi connectivity index (χ4n) is 3.76. The van der Waals surface area contributed by atoms with Crippen LogP contribution in [0.3, 0.4) is 0 Å². The first kappa shape index (κ1) is 20.3. The van der Waals surface area contributed by atoms with E-state index in [2.05, 4.69) is 66.1 Å². The Kier molecular flexibility index (Phi) is 6.62. The van der Waals surface area contributed by atoms with E-state index in [9.17, 15) is 4.79 Å². The number of hydrogen-bond donors (Lipinski definition) is 2. The number of amides is 1. The van der Waals surface area contributed by atoms with Crippen molar-refractivity contribution in [1.29, 1.82) is 0 Å². The molecule has 2 heterocycles. The maximum absolute atomic E-state index is 12.8. The second-order valence-electron chi connectivity index (χ2n) is 8.13. The summed E-state index contributed by atoms with van der Waals surface area (Å²) in [6, 6.07) is 8.17. The number of para-hydroxylation sites is 1. The third-order valence-electron chi connectivity index (χ3n) is 5.35. The van der Waals surface area contributed by atoms with Crippen LogP contribution < -0.4 is 15.1 Å². The zero-order valence-electron chi connectivity index (χ0n) is 17.4. The lowest BCUT2D eigenvalue weighted by molar-refractivity contribution is -0.892. The van der Waals surface area contributed by atoms with Gasteiger partial charge in [0, 0.05) is 18.1 Å². The molecule has 2 aromatic rings. The highest BCUT2D eigenvalue weighted by Gasteiger charge is 2.24. The van der Waals surface area contributed by atoms with Gasteiger partial charge < -0.3 is 15.1 Å². The van der Waals surface area contributed by atoms with E-state index < -0.39 is 0 Å². The first-order valence-corrected chi connectivity index (χ1v) is 10.2. The van der Waals surface area contributed by atoms with Crippen LogP contribution in [-0.4, -0.2) is 48.6 Å². The first-order valence-electron chi connectivity index (χ1n) is 10.2. The van der Waals surface area contributed by atoms with Gasteiger partial charge >= 0.3 is 0 Å². The van der Waals surface area contributed by atoms with E-state index in [1.54, 1.807) is 12.4 Å². The number of hydrogen-bond acceptors (Lipinski definition) is 4. The minimum Gasteiger partial charge on any atom is -0.330 e. The lowest BCUT2D eigenvalue weighted by Crippen LogP contribution is -3.15. The summed E-state index contributed by atoms with van der Waals surface area (Å²) >= 11 is 0. The molecule has 3 rings (SSSR count). The molecule has 28 heavy (non-hydrogen) atoms. The highest BCUT2D eigenvalue weighted by Crippen LogP contribution is 2.32. The molecule has 1 fully saturated rings. The van der Waals surface area contributed by atoms with Crippen molar-refractivity contribution in [2.45, 2.75) is 39.5 Å². The van der Waals surface area contributed by atoms with Crippen molar-refractivity contribution in [1.82, 2.24) is 9.97 Å². The van der Waals surface area contributed by atoms with Crippen LogP contribution in [0.25, 0.3) is 0 Å². The van der Waals surface area contributed by atoms with E-state index in [-0.39, 0.29) is 5.91 Å². The predicted octanol–water partition coefficient (Wildman–Crippen LogP) is 2.07. The Hall–Kier alpha value is -2.47. The number of nitrogens with zero attached hydrogens (tertiary/aromatic N) is 3. The topological polar surface area (TPSA) is 62.6 Å². The van der Waals surface area contributed by atoms with Gasteiger partial charge in [0.15, 0.2) is 6.54 Å². The first-order chi connectivity index (χ1) is 13.5. The molecule has 1 aromatic carbocycles. The van der Waals surface area contributed by atoms with Crippen LogP contribution in [0.1, 0.15) is 50.7 Å². The van der Waals surface area contributed by atoms with Gasteiger partial charge in [0.05, 0.1) is 26.2 Å². The third-order valence-corrected chi connectivity index (χ3v) is 5.35. The molecule has 0 bridgehead atoms. The second-order valence-corrected chi connectivity index (χ2v) is 8.13. The molecule has 0 spiro atoms. The molecule has 150 valence electrons. The summed E-state index contributed by atoms with van der Waals surface area (Å²) in [6.07, 6.45) is 3.54. The van der Waals surface area contributed by atoms with Crippen molar-refractivity contribution in [2.24, 2.45) is 0 Å². The molecule has 1 saturated heterocycles. The van der Waals surface area contributed by atoms with E-state index in [0.717, 1.165) is 37.8 Å². The Morgan fingerprint density at radius 3 is 2.14 bits per heavy atom. The number of anilines is 2. The molecule has 0 aliphatic carbocycles. The molecule has 0 atom stereocenters. The smallest absolute Gasteiger partial charge is 0.279 e. The molecule has 6 heteroatoms. The van der Waals surface area contributed by atoms with Crippen LogP contribution in [0, 0.1) is 0 Å². The van der Waals surface area contributed by atoms with Crippen molar-refractivity contribution in [2.75, 3.05) is 42.9 Å². The molecular formula is C22H32N5O+. The molecule has 1 aliphatic rings. The van der Waals surface area contributed by atoms with Crippen LogP contribution >= 0.6 is 0 Å². The number of quaternary nitrogens is 1. The summed E-state index contributed by atoms with van der Waals surface area (Å²) in [6.45, 7) is 12.7. The fraction of sp³-hybridized carbons (Fsp3) is 0.500. The van der Waals surface area contributed by atoms with Gasteiger partial charge in [-0.25, -0.2) is 9.97 Å². The van der Waals surface area contributed by atoms with Gasteiger partial charge in [-0.15, -0.1) is 0 Å². The van der Waals surface area contributed by atoms with E-state index in [1.165, 1.54) is 16.0 Å². The monoisotopic (exact) mass is 382 g/mol. The summed E-state index contributed by atoms with van der Waals surface area (Å²) in [7, 11) is 0. The molecular weight excluding hydrogens is 350 g/mol. The Morgan fingerprint density at radius 1 is 1.04 bits per heavy atom. The van der Waals surface area contributed by atoms with Crippen LogP contribution in [0.5, 0.6) is 0 Å². The van der Waals surface area contributed by atoms with Crippen LogP contribution in [0.4, 0.5) is 11.6 Å². The average Bonchev–Trinajstić information content (AvgIpc) is 2.69. The molecule has 1 amide bonds. The predicted molar refractivity (Wildman–Crippen MR) is 113 cm³/mol. The Balaban J connectivity index is 1.61. The van der Waals surface area contributed by atoms with Gasteiger partial charge in [-0.05, 0) is 29.0 Å². The summed E-state index contributed by atoms with van der Waals surface area (Å²) in [5.41, 5.74) is 3.43. The summed E-state index contributed by atoms with van der Waals surface area (Å²) in [4.78, 5) is 24.9. The number of rotatable bonds is 6. The normalized spacial score (nSPS) is 15.3. The largest absolute Gasteiger partial charge is 0.330 e. The fourth-order valence-corrected chi connectivity index (χ4v) is 3.76.